The minimum absolute atomic E-state index is 0.585. The van der Waals surface area contributed by atoms with Gasteiger partial charge in [0.1, 0.15) is 0 Å². The third-order valence-corrected chi connectivity index (χ3v) is 4.54. The number of benzene rings is 3. The summed E-state index contributed by atoms with van der Waals surface area (Å²) in [6.07, 6.45) is 0. The molecule has 0 aliphatic heterocycles. The molecule has 17 heavy (non-hydrogen) atoms. The molecular formula is C14H7BrCl2. The minimum Gasteiger partial charge on any atom is -0.0827 e. The second kappa shape index (κ2) is 4.16. The van der Waals surface area contributed by atoms with E-state index in [1.807, 2.05) is 24.3 Å². The maximum atomic E-state index is 6.25. The highest BCUT2D eigenvalue weighted by Gasteiger charge is 2.09. The Morgan fingerprint density at radius 3 is 2.41 bits per heavy atom. The number of hydrogen-bond donors (Lipinski definition) is 0. The van der Waals surface area contributed by atoms with Gasteiger partial charge < -0.3 is 0 Å². The Balaban J connectivity index is 2.59. The molecule has 0 radical (unpaired) electrons. The van der Waals surface area contributed by atoms with Crippen LogP contribution >= 0.6 is 39.1 Å². The van der Waals surface area contributed by atoms with Crippen molar-refractivity contribution in [3.63, 3.8) is 0 Å². The molecule has 0 bridgehead atoms. The van der Waals surface area contributed by atoms with E-state index in [-0.39, 0.29) is 0 Å². The first-order valence-electron chi connectivity index (χ1n) is 5.13. The van der Waals surface area contributed by atoms with E-state index >= 15 is 0 Å². The maximum Gasteiger partial charge on any atom is 0.0671 e. The molecule has 0 aromatic heterocycles. The van der Waals surface area contributed by atoms with Gasteiger partial charge in [-0.05, 0) is 44.2 Å². The van der Waals surface area contributed by atoms with Crippen LogP contribution in [0.25, 0.3) is 21.5 Å². The summed E-state index contributed by atoms with van der Waals surface area (Å²) in [6.45, 7) is 0. The molecule has 0 fully saturated rings. The summed E-state index contributed by atoms with van der Waals surface area (Å²) in [5.41, 5.74) is 0. The SMILES string of the molecule is Clc1ccc2c(Br)c3ccccc3cc2c1Cl. The van der Waals surface area contributed by atoms with Crippen molar-refractivity contribution in [3.8, 4) is 0 Å². The molecule has 0 aliphatic rings. The van der Waals surface area contributed by atoms with Gasteiger partial charge in [-0.25, -0.2) is 0 Å². The van der Waals surface area contributed by atoms with Gasteiger partial charge in [-0.1, -0.05) is 53.5 Å². The van der Waals surface area contributed by atoms with Gasteiger partial charge in [0.05, 0.1) is 10.0 Å². The zero-order valence-corrected chi connectivity index (χ0v) is 11.8. The molecule has 0 saturated heterocycles. The van der Waals surface area contributed by atoms with Crippen molar-refractivity contribution in [1.29, 1.82) is 0 Å². The molecule has 3 heteroatoms. The number of hydrogen-bond acceptors (Lipinski definition) is 0. The highest BCUT2D eigenvalue weighted by Crippen LogP contribution is 2.38. The highest BCUT2D eigenvalue weighted by atomic mass is 79.9. The van der Waals surface area contributed by atoms with Crippen LogP contribution in [0.4, 0.5) is 0 Å². The smallest absolute Gasteiger partial charge is 0.0671 e. The van der Waals surface area contributed by atoms with Gasteiger partial charge in [0.25, 0.3) is 0 Å². The first kappa shape index (κ1) is 11.3. The second-order valence-corrected chi connectivity index (χ2v) is 5.45. The Labute approximate surface area is 117 Å². The first-order valence-corrected chi connectivity index (χ1v) is 6.68. The van der Waals surface area contributed by atoms with Crippen LogP contribution in [0.5, 0.6) is 0 Å². The van der Waals surface area contributed by atoms with Crippen LogP contribution in [0.15, 0.2) is 46.9 Å². The number of halogens is 3. The van der Waals surface area contributed by atoms with Crippen molar-refractivity contribution in [1.82, 2.24) is 0 Å². The third-order valence-electron chi connectivity index (χ3n) is 2.87. The van der Waals surface area contributed by atoms with Crippen molar-refractivity contribution < 1.29 is 0 Å². The Hall–Kier alpha value is -0.760. The van der Waals surface area contributed by atoms with Crippen LogP contribution in [-0.4, -0.2) is 0 Å². The average Bonchev–Trinajstić information content (AvgIpc) is 2.35. The Morgan fingerprint density at radius 2 is 1.59 bits per heavy atom. The van der Waals surface area contributed by atoms with Crippen molar-refractivity contribution >= 4 is 60.7 Å². The standard InChI is InChI=1S/C14H7BrCl2/c15-13-9-4-2-1-3-8(9)7-11-10(13)5-6-12(16)14(11)17/h1-7H. The molecule has 0 spiro atoms. The van der Waals surface area contributed by atoms with E-state index in [0.717, 1.165) is 20.6 Å². The van der Waals surface area contributed by atoms with Gasteiger partial charge in [0, 0.05) is 9.86 Å². The first-order chi connectivity index (χ1) is 8.18. The summed E-state index contributed by atoms with van der Waals surface area (Å²) < 4.78 is 1.06. The molecule has 0 unspecified atom stereocenters. The molecule has 0 amide bonds. The quantitative estimate of drug-likeness (QED) is 0.440. The normalized spacial score (nSPS) is 11.2. The molecule has 3 aromatic carbocycles. The van der Waals surface area contributed by atoms with Gasteiger partial charge >= 0.3 is 0 Å². The minimum atomic E-state index is 0.585. The van der Waals surface area contributed by atoms with E-state index < -0.39 is 0 Å². The van der Waals surface area contributed by atoms with Crippen molar-refractivity contribution in [2.24, 2.45) is 0 Å². The predicted octanol–water partition coefficient (Wildman–Crippen LogP) is 6.06. The largest absolute Gasteiger partial charge is 0.0827 e. The molecule has 0 aliphatic carbocycles. The molecule has 3 rings (SSSR count). The molecule has 0 atom stereocenters. The fourth-order valence-corrected chi connectivity index (χ4v) is 3.11. The van der Waals surface area contributed by atoms with Crippen LogP contribution in [0, 0.1) is 0 Å². The predicted molar refractivity (Wildman–Crippen MR) is 79.2 cm³/mol. The average molecular weight is 326 g/mol. The van der Waals surface area contributed by atoms with E-state index in [1.54, 1.807) is 0 Å². The topological polar surface area (TPSA) is 0 Å². The maximum absolute atomic E-state index is 6.25. The lowest BCUT2D eigenvalue weighted by molar-refractivity contribution is 1.74. The fourth-order valence-electron chi connectivity index (χ4n) is 2.02. The zero-order valence-electron chi connectivity index (χ0n) is 8.68. The van der Waals surface area contributed by atoms with Crippen molar-refractivity contribution in [2.75, 3.05) is 0 Å². The summed E-state index contributed by atoms with van der Waals surface area (Å²) in [7, 11) is 0. The Bertz CT molecular complexity index is 735. The molecule has 0 nitrogen and oxygen atoms in total. The summed E-state index contributed by atoms with van der Waals surface area (Å²) in [5, 5.41) is 5.58. The fraction of sp³-hybridized carbons (Fsp3) is 0. The van der Waals surface area contributed by atoms with E-state index in [4.69, 9.17) is 23.2 Å². The van der Waals surface area contributed by atoms with Crippen LogP contribution in [-0.2, 0) is 0 Å². The lowest BCUT2D eigenvalue weighted by Gasteiger charge is -2.08. The number of rotatable bonds is 0. The summed E-state index contributed by atoms with van der Waals surface area (Å²) in [6, 6.07) is 14.1. The van der Waals surface area contributed by atoms with Gasteiger partial charge in [0.15, 0.2) is 0 Å². The molecule has 0 saturated carbocycles. The van der Waals surface area contributed by atoms with Crippen LogP contribution in [0.2, 0.25) is 10.0 Å². The van der Waals surface area contributed by atoms with E-state index in [9.17, 15) is 0 Å². The molecule has 0 N–H and O–H groups in total. The zero-order chi connectivity index (χ0) is 12.0. The summed E-state index contributed by atoms with van der Waals surface area (Å²) in [5.74, 6) is 0. The molecule has 3 aromatic rings. The summed E-state index contributed by atoms with van der Waals surface area (Å²) >= 11 is 15.9. The second-order valence-electron chi connectivity index (χ2n) is 3.87. The van der Waals surface area contributed by atoms with Gasteiger partial charge in [0.2, 0.25) is 0 Å². The van der Waals surface area contributed by atoms with E-state index in [2.05, 4.69) is 34.1 Å². The monoisotopic (exact) mass is 324 g/mol. The lowest BCUT2D eigenvalue weighted by Crippen LogP contribution is -1.81. The van der Waals surface area contributed by atoms with Gasteiger partial charge in [-0.15, -0.1) is 0 Å². The van der Waals surface area contributed by atoms with E-state index in [1.165, 1.54) is 5.39 Å². The summed E-state index contributed by atoms with van der Waals surface area (Å²) in [4.78, 5) is 0. The Morgan fingerprint density at radius 1 is 0.824 bits per heavy atom. The molecular weight excluding hydrogens is 319 g/mol. The molecule has 0 heterocycles. The Kier molecular flexibility index (Phi) is 2.78. The molecule has 84 valence electrons. The van der Waals surface area contributed by atoms with Crippen LogP contribution in [0.3, 0.4) is 0 Å². The lowest BCUT2D eigenvalue weighted by atomic mass is 10.0. The van der Waals surface area contributed by atoms with Crippen molar-refractivity contribution in [2.45, 2.75) is 0 Å². The van der Waals surface area contributed by atoms with Crippen LogP contribution in [0.1, 0.15) is 0 Å². The van der Waals surface area contributed by atoms with E-state index in [0.29, 0.717) is 10.0 Å². The highest BCUT2D eigenvalue weighted by molar-refractivity contribution is 9.10. The van der Waals surface area contributed by atoms with Crippen LogP contribution < -0.4 is 0 Å². The van der Waals surface area contributed by atoms with Crippen molar-refractivity contribution in [3.05, 3.63) is 57.0 Å². The third kappa shape index (κ3) is 1.74. The number of fused-ring (bicyclic) bond motifs is 2. The van der Waals surface area contributed by atoms with Gasteiger partial charge in [-0.3, -0.25) is 0 Å². The van der Waals surface area contributed by atoms with Gasteiger partial charge in [-0.2, -0.15) is 0 Å².